The van der Waals surface area contributed by atoms with E-state index in [4.69, 9.17) is 0 Å². The van der Waals surface area contributed by atoms with Crippen LogP contribution in [0.2, 0.25) is 0 Å². The number of nitrogens with zero attached hydrogens (tertiary/aromatic N) is 2. The highest BCUT2D eigenvalue weighted by Gasteiger charge is 2.09. The van der Waals surface area contributed by atoms with E-state index >= 15 is 0 Å². The van der Waals surface area contributed by atoms with Crippen LogP contribution in [-0.2, 0) is 7.05 Å². The van der Waals surface area contributed by atoms with Crippen molar-refractivity contribution in [3.05, 3.63) is 58.9 Å². The summed E-state index contributed by atoms with van der Waals surface area (Å²) in [6.07, 6.45) is 0. The van der Waals surface area contributed by atoms with E-state index in [1.165, 1.54) is 4.68 Å². The second-order valence-corrected chi connectivity index (χ2v) is 4.65. The molecule has 2 aromatic carbocycles. The Kier molecular flexibility index (Phi) is 2.99. The SMILES string of the molecule is CNc1ccc(-c2nn(C)c(=O)c3ccccc23)cc1. The van der Waals surface area contributed by atoms with Gasteiger partial charge in [-0.05, 0) is 18.2 Å². The maximum atomic E-state index is 12.1. The van der Waals surface area contributed by atoms with Crippen molar-refractivity contribution in [2.75, 3.05) is 12.4 Å². The fraction of sp³-hybridized carbons (Fsp3) is 0.125. The van der Waals surface area contributed by atoms with Crippen LogP contribution in [-0.4, -0.2) is 16.8 Å². The first-order valence-corrected chi connectivity index (χ1v) is 6.45. The van der Waals surface area contributed by atoms with E-state index in [2.05, 4.69) is 10.4 Å². The van der Waals surface area contributed by atoms with E-state index in [1.807, 2.05) is 55.6 Å². The van der Waals surface area contributed by atoms with Crippen LogP contribution in [0.25, 0.3) is 22.0 Å². The number of rotatable bonds is 2. The van der Waals surface area contributed by atoms with E-state index < -0.39 is 0 Å². The fourth-order valence-electron chi connectivity index (χ4n) is 2.31. The summed E-state index contributed by atoms with van der Waals surface area (Å²) in [5, 5.41) is 9.07. The van der Waals surface area contributed by atoms with Crippen molar-refractivity contribution in [2.45, 2.75) is 0 Å². The number of hydrogen-bond donors (Lipinski definition) is 1. The Morgan fingerprint density at radius 2 is 1.65 bits per heavy atom. The molecule has 4 heteroatoms. The second-order valence-electron chi connectivity index (χ2n) is 4.65. The molecule has 0 aliphatic rings. The van der Waals surface area contributed by atoms with E-state index in [0.29, 0.717) is 5.39 Å². The van der Waals surface area contributed by atoms with Gasteiger partial charge >= 0.3 is 0 Å². The Morgan fingerprint density at radius 3 is 2.30 bits per heavy atom. The number of hydrogen-bond acceptors (Lipinski definition) is 3. The first-order chi connectivity index (χ1) is 9.70. The quantitative estimate of drug-likeness (QED) is 0.775. The minimum Gasteiger partial charge on any atom is -0.388 e. The minimum absolute atomic E-state index is 0.0730. The van der Waals surface area contributed by atoms with Gasteiger partial charge < -0.3 is 5.32 Å². The average molecular weight is 265 g/mol. The van der Waals surface area contributed by atoms with Gasteiger partial charge in [0.15, 0.2) is 0 Å². The van der Waals surface area contributed by atoms with Gasteiger partial charge in [0, 0.05) is 30.7 Å². The summed E-state index contributed by atoms with van der Waals surface area (Å²) in [7, 11) is 3.56. The zero-order valence-electron chi connectivity index (χ0n) is 11.4. The number of benzene rings is 2. The topological polar surface area (TPSA) is 46.9 Å². The zero-order chi connectivity index (χ0) is 14.1. The standard InChI is InChI=1S/C16H15N3O/c1-17-12-9-7-11(8-10-12)15-13-5-3-4-6-14(13)16(20)19(2)18-15/h3-10,17H,1-2H3. The van der Waals surface area contributed by atoms with Crippen molar-refractivity contribution in [1.29, 1.82) is 0 Å². The first-order valence-electron chi connectivity index (χ1n) is 6.45. The lowest BCUT2D eigenvalue weighted by molar-refractivity contribution is 0.722. The van der Waals surface area contributed by atoms with Crippen molar-refractivity contribution >= 4 is 16.5 Å². The van der Waals surface area contributed by atoms with Gasteiger partial charge in [0.2, 0.25) is 0 Å². The fourth-order valence-corrected chi connectivity index (χ4v) is 2.31. The minimum atomic E-state index is -0.0730. The maximum Gasteiger partial charge on any atom is 0.274 e. The molecule has 1 N–H and O–H groups in total. The van der Waals surface area contributed by atoms with Gasteiger partial charge in [-0.1, -0.05) is 30.3 Å². The van der Waals surface area contributed by atoms with Crippen LogP contribution >= 0.6 is 0 Å². The molecule has 3 aromatic rings. The zero-order valence-corrected chi connectivity index (χ0v) is 11.4. The molecule has 0 amide bonds. The van der Waals surface area contributed by atoms with Crippen molar-refractivity contribution < 1.29 is 0 Å². The Morgan fingerprint density at radius 1 is 1.00 bits per heavy atom. The van der Waals surface area contributed by atoms with Gasteiger partial charge in [-0.25, -0.2) is 4.68 Å². The lowest BCUT2D eigenvalue weighted by Crippen LogP contribution is -2.20. The molecule has 0 bridgehead atoms. The molecule has 0 atom stereocenters. The summed E-state index contributed by atoms with van der Waals surface area (Å²) in [5.74, 6) is 0. The predicted octanol–water partition coefficient (Wildman–Crippen LogP) is 2.64. The van der Waals surface area contributed by atoms with Crippen molar-refractivity contribution in [1.82, 2.24) is 9.78 Å². The third-order valence-corrected chi connectivity index (χ3v) is 3.40. The predicted molar refractivity (Wildman–Crippen MR) is 82.0 cm³/mol. The molecular formula is C16H15N3O. The summed E-state index contributed by atoms with van der Waals surface area (Å²) >= 11 is 0. The second kappa shape index (κ2) is 4.81. The normalized spacial score (nSPS) is 10.7. The molecule has 0 fully saturated rings. The van der Waals surface area contributed by atoms with Gasteiger partial charge in [0.05, 0.1) is 11.1 Å². The summed E-state index contributed by atoms with van der Waals surface area (Å²) < 4.78 is 1.39. The Balaban J connectivity index is 2.30. The van der Waals surface area contributed by atoms with Gasteiger partial charge in [0.1, 0.15) is 0 Å². The smallest absolute Gasteiger partial charge is 0.274 e. The highest BCUT2D eigenvalue weighted by molar-refractivity contribution is 5.93. The van der Waals surface area contributed by atoms with Crippen LogP contribution in [0.4, 0.5) is 5.69 Å². The molecule has 0 unspecified atom stereocenters. The van der Waals surface area contributed by atoms with Gasteiger partial charge in [-0.3, -0.25) is 4.79 Å². The summed E-state index contributed by atoms with van der Waals surface area (Å²) in [6, 6.07) is 15.6. The molecule has 0 radical (unpaired) electrons. The van der Waals surface area contributed by atoms with Crippen LogP contribution in [0.1, 0.15) is 0 Å². The van der Waals surface area contributed by atoms with Crippen LogP contribution in [0, 0.1) is 0 Å². The number of aromatic nitrogens is 2. The largest absolute Gasteiger partial charge is 0.388 e. The van der Waals surface area contributed by atoms with Crippen molar-refractivity contribution in [3.63, 3.8) is 0 Å². The highest BCUT2D eigenvalue weighted by Crippen LogP contribution is 2.25. The van der Waals surface area contributed by atoms with Crippen LogP contribution in [0.15, 0.2) is 53.3 Å². The monoisotopic (exact) mass is 265 g/mol. The molecule has 0 aliphatic carbocycles. The summed E-state index contributed by atoms with van der Waals surface area (Å²) in [6.45, 7) is 0. The molecule has 0 saturated heterocycles. The van der Waals surface area contributed by atoms with Gasteiger partial charge in [0.25, 0.3) is 5.56 Å². The van der Waals surface area contributed by atoms with Gasteiger partial charge in [-0.15, -0.1) is 0 Å². The highest BCUT2D eigenvalue weighted by atomic mass is 16.1. The lowest BCUT2D eigenvalue weighted by Gasteiger charge is -2.09. The van der Waals surface area contributed by atoms with E-state index in [1.54, 1.807) is 7.05 Å². The van der Waals surface area contributed by atoms with Gasteiger partial charge in [-0.2, -0.15) is 5.10 Å². The molecule has 1 heterocycles. The molecule has 1 aromatic heterocycles. The third-order valence-electron chi connectivity index (χ3n) is 3.40. The molecule has 3 rings (SSSR count). The van der Waals surface area contributed by atoms with E-state index in [-0.39, 0.29) is 5.56 Å². The number of nitrogens with one attached hydrogen (secondary N) is 1. The third kappa shape index (κ3) is 1.95. The summed E-state index contributed by atoms with van der Waals surface area (Å²) in [5.41, 5.74) is 2.79. The molecule has 100 valence electrons. The molecule has 0 spiro atoms. The summed E-state index contributed by atoms with van der Waals surface area (Å²) in [4.78, 5) is 12.1. The maximum absolute atomic E-state index is 12.1. The molecule has 0 saturated carbocycles. The molecule has 0 aliphatic heterocycles. The van der Waals surface area contributed by atoms with Crippen LogP contribution < -0.4 is 10.9 Å². The number of anilines is 1. The Labute approximate surface area is 116 Å². The van der Waals surface area contributed by atoms with Crippen LogP contribution in [0.3, 0.4) is 0 Å². The van der Waals surface area contributed by atoms with Crippen LogP contribution in [0.5, 0.6) is 0 Å². The number of fused-ring (bicyclic) bond motifs is 1. The Bertz CT molecular complexity index is 819. The molecule has 20 heavy (non-hydrogen) atoms. The first kappa shape index (κ1) is 12.4. The molecule has 4 nitrogen and oxygen atoms in total. The van der Waals surface area contributed by atoms with Crippen molar-refractivity contribution in [2.24, 2.45) is 7.05 Å². The lowest BCUT2D eigenvalue weighted by atomic mass is 10.0. The van der Waals surface area contributed by atoms with Crippen molar-refractivity contribution in [3.8, 4) is 11.3 Å². The Hall–Kier alpha value is -2.62. The number of aryl methyl sites for hydroxylation is 1. The average Bonchev–Trinajstić information content (AvgIpc) is 2.51. The molecular weight excluding hydrogens is 250 g/mol. The van der Waals surface area contributed by atoms with E-state index in [9.17, 15) is 4.79 Å². The van der Waals surface area contributed by atoms with E-state index in [0.717, 1.165) is 22.3 Å².